The Morgan fingerprint density at radius 3 is 0.565 bits per heavy atom. The van der Waals surface area contributed by atoms with E-state index in [-0.39, 0.29) is 36.6 Å². The molecule has 7 heteroatoms. The van der Waals surface area contributed by atoms with Gasteiger partial charge in [0, 0.05) is 14.5 Å². The van der Waals surface area contributed by atoms with Crippen LogP contribution < -0.4 is 0 Å². The van der Waals surface area contributed by atoms with Gasteiger partial charge < -0.3 is 0 Å². The fourth-order valence-corrected chi connectivity index (χ4v) is 6.04. The Labute approximate surface area is 174 Å². The summed E-state index contributed by atoms with van der Waals surface area (Å²) in [6, 6.07) is 0. The van der Waals surface area contributed by atoms with E-state index in [9.17, 15) is 0 Å². The van der Waals surface area contributed by atoms with Crippen LogP contribution in [0.3, 0.4) is 0 Å². The summed E-state index contributed by atoms with van der Waals surface area (Å²) < 4.78 is 0. The van der Waals surface area contributed by atoms with Gasteiger partial charge in [0.25, 0.3) is 0 Å². The van der Waals surface area contributed by atoms with Gasteiger partial charge in [0.05, 0.1) is 0 Å². The maximum absolute atomic E-state index is 6.30. The zero-order chi connectivity index (χ0) is 19.9. The Hall–Kier alpha value is 2.68. The van der Waals surface area contributed by atoms with Gasteiger partial charge in [-0.3, -0.25) is 0 Å². The predicted octanol–water partition coefficient (Wildman–Crippen LogP) is 9.81. The van der Waals surface area contributed by atoms with Crippen molar-refractivity contribution in [2.45, 2.75) is 104 Å². The van der Waals surface area contributed by atoms with E-state index >= 15 is 0 Å². The molecule has 0 radical (unpaired) electrons. The first-order valence-corrected chi connectivity index (χ1v) is 16.0. The second-order valence-electron chi connectivity index (χ2n) is 9.29. The average Bonchev–Trinajstić information content (AvgIpc) is 2.24. The van der Waals surface area contributed by atoms with Crippen LogP contribution in [-0.2, 0) is 15.9 Å². The average molecular weight is 539 g/mol. The number of hydrogen-bond donors (Lipinski definition) is 0. The molecule has 0 N–H and O–H groups in total. The molecule has 0 unspecified atom stereocenters. The van der Waals surface area contributed by atoms with Gasteiger partial charge in [0.1, 0.15) is 0 Å². The summed E-state index contributed by atoms with van der Waals surface area (Å²) in [5.41, 5.74) is 0. The molecule has 23 heavy (non-hydrogen) atoms. The monoisotopic (exact) mass is 536 g/mol. The van der Waals surface area contributed by atoms with Crippen LogP contribution in [0.5, 0.6) is 0 Å². The summed E-state index contributed by atoms with van der Waals surface area (Å²) in [5, 5.41) is 1.09. The van der Waals surface area contributed by atoms with Crippen molar-refractivity contribution in [1.82, 2.24) is 0 Å². The molecule has 0 amide bonds. The van der Waals surface area contributed by atoms with E-state index in [0.29, 0.717) is 0 Å². The van der Waals surface area contributed by atoms with Crippen molar-refractivity contribution in [3.05, 3.63) is 0 Å². The molecule has 0 aliphatic rings. The van der Waals surface area contributed by atoms with Crippen LogP contribution >= 0.6 is 56.1 Å². The number of rotatable bonds is 0. The third-order valence-electron chi connectivity index (χ3n) is 2.36. The summed E-state index contributed by atoms with van der Waals surface area (Å²) in [7, 11) is 8.85. The van der Waals surface area contributed by atoms with Crippen LogP contribution in [0.15, 0.2) is 0 Å². The minimum atomic E-state index is -0.390. The quantitative estimate of drug-likeness (QED) is 0.213. The third kappa shape index (κ3) is 17.8. The molecule has 0 aliphatic heterocycles. The van der Waals surface area contributed by atoms with Crippen molar-refractivity contribution < 1.29 is 15.9 Å². The summed E-state index contributed by atoms with van der Waals surface area (Å²) in [5.74, 6) is 0. The second kappa shape index (κ2) is 12.2. The minimum absolute atomic E-state index is 0.106. The molecule has 0 bridgehead atoms. The fraction of sp³-hybridized carbons (Fsp3) is 1.00. The normalized spacial score (nSPS) is 13.5. The molecule has 0 aromatic heterocycles. The molecule has 0 spiro atoms. The van der Waals surface area contributed by atoms with E-state index in [0.717, 1.165) is 0 Å². The standard InChI is InChI=1S/2C8H18ClP.2ClH.Pd/c2*1-7(2,3)10(9)8(4,5)6;;;/h2*1-6H3;2*1H;/q;;;;+2/p-2. The van der Waals surface area contributed by atoms with E-state index in [2.05, 4.69) is 83.1 Å². The molecule has 0 nitrogen and oxygen atoms in total. The Morgan fingerprint density at radius 1 is 0.478 bits per heavy atom. The second-order valence-corrected chi connectivity index (χ2v) is 20.2. The van der Waals surface area contributed by atoms with Crippen LogP contribution in [0, 0.1) is 0 Å². The van der Waals surface area contributed by atoms with Gasteiger partial charge in [-0.1, -0.05) is 106 Å². The van der Waals surface area contributed by atoms with Crippen molar-refractivity contribution >= 4 is 56.1 Å². The topological polar surface area (TPSA) is 0 Å². The zero-order valence-corrected chi connectivity index (χ0v) is 23.1. The molecular formula is C16H36Cl4P2Pd. The van der Waals surface area contributed by atoms with Crippen LogP contribution in [0.25, 0.3) is 0 Å². The van der Waals surface area contributed by atoms with E-state index in [1.807, 2.05) is 0 Å². The molecule has 0 heterocycles. The molecule has 0 saturated carbocycles. The third-order valence-corrected chi connectivity index (χ3v) is 13.2. The van der Waals surface area contributed by atoms with Gasteiger partial charge >= 0.3 is 35.0 Å². The fourth-order valence-electron chi connectivity index (χ4n) is 2.01. The maximum atomic E-state index is 6.30. The molecule has 0 aliphatic carbocycles. The number of halogens is 4. The molecule has 148 valence electrons. The Kier molecular flexibility index (Phi) is 16.1. The molecule has 0 rings (SSSR count). The van der Waals surface area contributed by atoms with Crippen LogP contribution in [-0.4, -0.2) is 20.6 Å². The van der Waals surface area contributed by atoms with E-state index in [1.54, 1.807) is 0 Å². The SMILES string of the molecule is CC(C)(C)P(Cl)C(C)(C)C.CC(C)(C)P(Cl)C(C)(C)C.[Cl][Pd][Cl]. The van der Waals surface area contributed by atoms with Crippen LogP contribution in [0.4, 0.5) is 0 Å². The van der Waals surface area contributed by atoms with E-state index in [4.69, 9.17) is 41.5 Å². The first kappa shape index (κ1) is 30.4. The zero-order valence-electron chi connectivity index (χ0n) is 16.7. The molecule has 0 aromatic carbocycles. The summed E-state index contributed by atoms with van der Waals surface area (Å²) in [4.78, 5) is 0. The van der Waals surface area contributed by atoms with E-state index in [1.165, 1.54) is 0 Å². The van der Waals surface area contributed by atoms with Gasteiger partial charge in [-0.2, -0.15) is 0 Å². The molecular weight excluding hydrogens is 502 g/mol. The van der Waals surface area contributed by atoms with Crippen molar-refractivity contribution in [1.29, 1.82) is 0 Å². The van der Waals surface area contributed by atoms with Gasteiger partial charge in [-0.05, 0) is 20.6 Å². The summed E-state index contributed by atoms with van der Waals surface area (Å²) >= 11 is 12.5. The van der Waals surface area contributed by atoms with Crippen LogP contribution in [0.1, 0.15) is 83.1 Å². The number of hydrogen-bond acceptors (Lipinski definition) is 0. The molecule has 0 aromatic rings. The molecule has 0 fully saturated rings. The summed E-state index contributed by atoms with van der Waals surface area (Å²) in [6.45, 7) is 26.5. The Morgan fingerprint density at radius 2 is 0.565 bits per heavy atom. The van der Waals surface area contributed by atoms with Gasteiger partial charge in [-0.25, -0.2) is 0 Å². The first-order valence-electron chi connectivity index (χ1n) is 7.47. The van der Waals surface area contributed by atoms with Gasteiger partial charge in [0.15, 0.2) is 0 Å². The Balaban J connectivity index is -0.000000297. The van der Waals surface area contributed by atoms with Crippen molar-refractivity contribution in [3.8, 4) is 0 Å². The van der Waals surface area contributed by atoms with Crippen molar-refractivity contribution in [3.63, 3.8) is 0 Å². The molecule has 0 atom stereocenters. The molecule has 0 saturated heterocycles. The Bertz CT molecular complexity index is 241. The van der Waals surface area contributed by atoms with E-state index < -0.39 is 14.5 Å². The van der Waals surface area contributed by atoms with Gasteiger partial charge in [-0.15, -0.1) is 0 Å². The van der Waals surface area contributed by atoms with Crippen molar-refractivity contribution in [2.75, 3.05) is 0 Å². The first-order chi connectivity index (χ1) is 9.72. The summed E-state index contributed by atoms with van der Waals surface area (Å²) in [6.07, 6.45) is 0. The van der Waals surface area contributed by atoms with Crippen molar-refractivity contribution in [2.24, 2.45) is 0 Å². The van der Waals surface area contributed by atoms with Crippen LogP contribution in [0.2, 0.25) is 0 Å². The van der Waals surface area contributed by atoms with Gasteiger partial charge in [0.2, 0.25) is 0 Å². The predicted molar refractivity (Wildman–Crippen MR) is 116 cm³/mol.